The van der Waals surface area contributed by atoms with Gasteiger partial charge in [0, 0.05) is 38.5 Å². The molecule has 5 nitrogen and oxygen atoms in total. The van der Waals surface area contributed by atoms with Gasteiger partial charge in [-0.2, -0.15) is 0 Å². The van der Waals surface area contributed by atoms with Crippen LogP contribution >= 0.6 is 0 Å². The number of ether oxygens (including phenoxy) is 1. The van der Waals surface area contributed by atoms with Crippen LogP contribution < -0.4 is 5.32 Å². The van der Waals surface area contributed by atoms with Crippen molar-refractivity contribution in [3.63, 3.8) is 0 Å². The highest BCUT2D eigenvalue weighted by Crippen LogP contribution is 2.07. The molecular weight excluding hydrogens is 264 g/mol. The van der Waals surface area contributed by atoms with Gasteiger partial charge in [-0.15, -0.1) is 0 Å². The van der Waals surface area contributed by atoms with Crippen molar-refractivity contribution in [1.82, 2.24) is 10.2 Å². The molecule has 0 bridgehead atoms. The minimum atomic E-state index is -2.89. The first-order valence-electron chi connectivity index (χ1n) is 7.22. The molecule has 19 heavy (non-hydrogen) atoms. The Labute approximate surface area is 117 Å². The zero-order valence-electron chi connectivity index (χ0n) is 12.2. The SMILES string of the molecule is CCCS(=O)(=O)CCN(CCOC)CC1CCCN1. The smallest absolute Gasteiger partial charge is 0.151 e. The van der Waals surface area contributed by atoms with Gasteiger partial charge >= 0.3 is 0 Å². The van der Waals surface area contributed by atoms with Crippen molar-refractivity contribution < 1.29 is 13.2 Å². The molecule has 1 unspecified atom stereocenters. The standard InChI is InChI=1S/C13H28N2O3S/c1-3-10-19(16,17)11-8-15(7-9-18-2)12-13-5-4-6-14-13/h13-14H,3-12H2,1-2H3. The van der Waals surface area contributed by atoms with Gasteiger partial charge in [-0.05, 0) is 25.8 Å². The van der Waals surface area contributed by atoms with Gasteiger partial charge < -0.3 is 10.1 Å². The average Bonchev–Trinajstić information content (AvgIpc) is 2.85. The second-order valence-corrected chi connectivity index (χ2v) is 7.54. The van der Waals surface area contributed by atoms with E-state index in [9.17, 15) is 8.42 Å². The summed E-state index contributed by atoms with van der Waals surface area (Å²) in [5, 5.41) is 3.45. The fourth-order valence-electron chi connectivity index (χ4n) is 2.42. The van der Waals surface area contributed by atoms with E-state index in [1.165, 1.54) is 12.8 Å². The number of methoxy groups -OCH3 is 1. The fraction of sp³-hybridized carbons (Fsp3) is 1.00. The summed E-state index contributed by atoms with van der Waals surface area (Å²) in [7, 11) is -1.21. The summed E-state index contributed by atoms with van der Waals surface area (Å²) < 4.78 is 28.6. The molecule has 114 valence electrons. The monoisotopic (exact) mass is 292 g/mol. The van der Waals surface area contributed by atoms with Crippen molar-refractivity contribution in [2.45, 2.75) is 32.2 Å². The van der Waals surface area contributed by atoms with Gasteiger partial charge in [-0.25, -0.2) is 8.42 Å². The molecule has 1 rings (SSSR count). The third-order valence-electron chi connectivity index (χ3n) is 3.49. The topological polar surface area (TPSA) is 58.6 Å². The number of sulfone groups is 1. The van der Waals surface area contributed by atoms with E-state index in [-0.39, 0.29) is 5.75 Å². The number of hydrogen-bond donors (Lipinski definition) is 1. The van der Waals surface area contributed by atoms with Crippen molar-refractivity contribution in [2.24, 2.45) is 0 Å². The lowest BCUT2D eigenvalue weighted by atomic mass is 10.2. The maximum atomic E-state index is 11.8. The van der Waals surface area contributed by atoms with Crippen molar-refractivity contribution in [2.75, 3.05) is 51.4 Å². The number of nitrogens with zero attached hydrogens (tertiary/aromatic N) is 1. The third kappa shape index (κ3) is 7.25. The zero-order valence-corrected chi connectivity index (χ0v) is 13.0. The second kappa shape index (κ2) is 8.89. The Morgan fingerprint density at radius 3 is 2.68 bits per heavy atom. The van der Waals surface area contributed by atoms with Crippen LogP contribution in [0.5, 0.6) is 0 Å². The van der Waals surface area contributed by atoms with Crippen LogP contribution in [0.3, 0.4) is 0 Å². The molecule has 0 aliphatic carbocycles. The predicted octanol–water partition coefficient (Wildman–Crippen LogP) is 0.512. The highest BCUT2D eigenvalue weighted by molar-refractivity contribution is 7.91. The van der Waals surface area contributed by atoms with Crippen LogP contribution in [0, 0.1) is 0 Å². The van der Waals surface area contributed by atoms with E-state index >= 15 is 0 Å². The summed E-state index contributed by atoms with van der Waals surface area (Å²) in [6.45, 7) is 5.98. The van der Waals surface area contributed by atoms with Crippen LogP contribution in [-0.4, -0.2) is 70.8 Å². The number of rotatable bonds is 10. The van der Waals surface area contributed by atoms with Crippen molar-refractivity contribution in [1.29, 1.82) is 0 Å². The molecule has 1 aliphatic rings. The quantitative estimate of drug-likeness (QED) is 0.636. The zero-order chi connectivity index (χ0) is 14.1. The second-order valence-electron chi connectivity index (χ2n) is 5.24. The van der Waals surface area contributed by atoms with Crippen LogP contribution in [0.15, 0.2) is 0 Å². The first kappa shape index (κ1) is 16.9. The Kier molecular flexibility index (Phi) is 7.90. The van der Waals surface area contributed by atoms with Crippen LogP contribution in [0.25, 0.3) is 0 Å². The average molecular weight is 292 g/mol. The van der Waals surface area contributed by atoms with Gasteiger partial charge in [-0.3, -0.25) is 4.90 Å². The van der Waals surface area contributed by atoms with Gasteiger partial charge in [-0.1, -0.05) is 6.92 Å². The van der Waals surface area contributed by atoms with Gasteiger partial charge in [0.2, 0.25) is 0 Å². The van der Waals surface area contributed by atoms with Gasteiger partial charge in [0.15, 0.2) is 9.84 Å². The first-order valence-corrected chi connectivity index (χ1v) is 9.04. The summed E-state index contributed by atoms with van der Waals surface area (Å²) in [5.41, 5.74) is 0. The Hall–Kier alpha value is -0.170. The van der Waals surface area contributed by atoms with Crippen molar-refractivity contribution >= 4 is 9.84 Å². The lowest BCUT2D eigenvalue weighted by molar-refractivity contribution is 0.146. The Morgan fingerprint density at radius 2 is 2.11 bits per heavy atom. The molecule has 0 aromatic carbocycles. The maximum absolute atomic E-state index is 11.8. The van der Waals surface area contributed by atoms with Crippen LogP contribution in [-0.2, 0) is 14.6 Å². The summed E-state index contributed by atoms with van der Waals surface area (Å²) >= 11 is 0. The van der Waals surface area contributed by atoms with E-state index in [1.807, 2.05) is 6.92 Å². The number of nitrogens with one attached hydrogen (secondary N) is 1. The molecular formula is C13H28N2O3S. The molecule has 0 saturated carbocycles. The van der Waals surface area contributed by atoms with Crippen molar-refractivity contribution in [3.8, 4) is 0 Å². The molecule has 1 saturated heterocycles. The Bertz CT molecular complexity index is 327. The Morgan fingerprint density at radius 1 is 1.32 bits per heavy atom. The minimum absolute atomic E-state index is 0.261. The lowest BCUT2D eigenvalue weighted by Crippen LogP contribution is -2.41. The maximum Gasteiger partial charge on any atom is 0.151 e. The van der Waals surface area contributed by atoms with E-state index in [0.717, 1.165) is 19.6 Å². The molecule has 6 heteroatoms. The van der Waals surface area contributed by atoms with E-state index < -0.39 is 9.84 Å². The molecule has 0 aromatic rings. The highest BCUT2D eigenvalue weighted by Gasteiger charge is 2.19. The summed E-state index contributed by atoms with van der Waals surface area (Å²) in [6.07, 6.45) is 3.10. The predicted molar refractivity (Wildman–Crippen MR) is 78.3 cm³/mol. The molecule has 1 N–H and O–H groups in total. The third-order valence-corrected chi connectivity index (χ3v) is 5.32. The van der Waals surface area contributed by atoms with E-state index in [0.29, 0.717) is 31.4 Å². The van der Waals surface area contributed by atoms with E-state index in [1.54, 1.807) is 7.11 Å². The summed E-state index contributed by atoms with van der Waals surface area (Å²) in [5.74, 6) is 0.560. The van der Waals surface area contributed by atoms with Gasteiger partial charge in [0.05, 0.1) is 12.4 Å². The normalized spacial score (nSPS) is 20.3. The minimum Gasteiger partial charge on any atom is -0.383 e. The first-order chi connectivity index (χ1) is 9.07. The van der Waals surface area contributed by atoms with Crippen LogP contribution in [0.4, 0.5) is 0 Å². The molecule has 0 aromatic heterocycles. The summed E-state index contributed by atoms with van der Waals surface area (Å²) in [4.78, 5) is 2.21. The molecule has 0 radical (unpaired) electrons. The molecule has 1 atom stereocenters. The molecule has 1 fully saturated rings. The van der Waals surface area contributed by atoms with Crippen LogP contribution in [0.2, 0.25) is 0 Å². The largest absolute Gasteiger partial charge is 0.383 e. The number of hydrogen-bond acceptors (Lipinski definition) is 5. The van der Waals surface area contributed by atoms with Gasteiger partial charge in [0.1, 0.15) is 0 Å². The van der Waals surface area contributed by atoms with E-state index in [4.69, 9.17) is 4.74 Å². The molecule has 0 spiro atoms. The Balaban J connectivity index is 2.39. The molecule has 1 heterocycles. The van der Waals surface area contributed by atoms with E-state index in [2.05, 4.69) is 10.2 Å². The molecule has 1 aliphatic heterocycles. The van der Waals surface area contributed by atoms with Gasteiger partial charge in [0.25, 0.3) is 0 Å². The highest BCUT2D eigenvalue weighted by atomic mass is 32.2. The fourth-order valence-corrected chi connectivity index (χ4v) is 3.78. The summed E-state index contributed by atoms with van der Waals surface area (Å²) in [6, 6.07) is 0.505. The lowest BCUT2D eigenvalue weighted by Gasteiger charge is -2.25. The molecule has 0 amide bonds. The van der Waals surface area contributed by atoms with Crippen molar-refractivity contribution in [3.05, 3.63) is 0 Å². The van der Waals surface area contributed by atoms with Crippen LogP contribution in [0.1, 0.15) is 26.2 Å².